The third kappa shape index (κ3) is 3.67. The van der Waals surface area contributed by atoms with E-state index in [1.165, 1.54) is 28.2 Å². The van der Waals surface area contributed by atoms with Gasteiger partial charge in [-0.15, -0.1) is 11.3 Å². The number of anilines is 1. The number of halogens is 1. The van der Waals surface area contributed by atoms with E-state index in [1.54, 1.807) is 12.5 Å². The lowest BCUT2D eigenvalue weighted by atomic mass is 10.2. The van der Waals surface area contributed by atoms with E-state index in [4.69, 9.17) is 4.74 Å². The van der Waals surface area contributed by atoms with E-state index in [9.17, 15) is 14.0 Å². The molecule has 1 amide bonds. The largest absolute Gasteiger partial charge is 0.497 e. The van der Waals surface area contributed by atoms with Crippen molar-refractivity contribution in [2.24, 2.45) is 0 Å². The summed E-state index contributed by atoms with van der Waals surface area (Å²) in [4.78, 5) is 29.9. The molecule has 4 rings (SSSR count). The smallest absolute Gasteiger partial charge is 0.281 e. The molecule has 9 heteroatoms. The number of thiazole rings is 1. The van der Waals surface area contributed by atoms with Crippen LogP contribution in [-0.2, 0) is 6.54 Å². The van der Waals surface area contributed by atoms with Crippen molar-refractivity contribution >= 4 is 33.3 Å². The van der Waals surface area contributed by atoms with Crippen LogP contribution in [0.1, 0.15) is 17.4 Å². The molecular formula is C21H17FN4O3S. The molecule has 0 atom stereocenters. The fraction of sp³-hybridized carbons (Fsp3) is 0.143. The van der Waals surface area contributed by atoms with Crippen LogP contribution in [0.5, 0.6) is 5.75 Å². The van der Waals surface area contributed by atoms with E-state index < -0.39 is 17.2 Å². The Balaban J connectivity index is 1.64. The highest BCUT2D eigenvalue weighted by Gasteiger charge is 2.19. The van der Waals surface area contributed by atoms with E-state index in [-0.39, 0.29) is 11.1 Å². The van der Waals surface area contributed by atoms with Crippen LogP contribution < -0.4 is 15.5 Å². The number of hydrogen-bond acceptors (Lipinski definition) is 6. The first-order valence-electron chi connectivity index (χ1n) is 9.12. The lowest BCUT2D eigenvalue weighted by Crippen LogP contribution is -2.27. The summed E-state index contributed by atoms with van der Waals surface area (Å²) >= 11 is 1.23. The molecule has 152 valence electrons. The van der Waals surface area contributed by atoms with E-state index in [0.717, 1.165) is 17.4 Å². The summed E-state index contributed by atoms with van der Waals surface area (Å²) in [7, 11) is 1.59. The van der Waals surface area contributed by atoms with Crippen molar-refractivity contribution in [3.63, 3.8) is 0 Å². The summed E-state index contributed by atoms with van der Waals surface area (Å²) < 4.78 is 20.3. The Morgan fingerprint density at radius 2 is 2.00 bits per heavy atom. The Morgan fingerprint density at radius 3 is 2.70 bits per heavy atom. The fourth-order valence-corrected chi connectivity index (χ4v) is 3.75. The second-order valence-corrected chi connectivity index (χ2v) is 7.23. The van der Waals surface area contributed by atoms with Gasteiger partial charge in [0.2, 0.25) is 5.43 Å². The first-order valence-corrected chi connectivity index (χ1v) is 9.99. The second-order valence-electron chi connectivity index (χ2n) is 6.38. The Hall–Kier alpha value is -3.59. The van der Waals surface area contributed by atoms with Crippen molar-refractivity contribution in [1.29, 1.82) is 0 Å². The van der Waals surface area contributed by atoms with Crippen molar-refractivity contribution in [2.75, 3.05) is 12.4 Å². The highest BCUT2D eigenvalue weighted by molar-refractivity contribution is 7.14. The van der Waals surface area contributed by atoms with Gasteiger partial charge in [-0.25, -0.2) is 9.37 Å². The number of rotatable bonds is 5. The molecule has 0 saturated heterocycles. The van der Waals surface area contributed by atoms with Gasteiger partial charge >= 0.3 is 0 Å². The monoisotopic (exact) mass is 424 g/mol. The highest BCUT2D eigenvalue weighted by atomic mass is 32.1. The Labute approximate surface area is 174 Å². The lowest BCUT2D eigenvalue weighted by Gasteiger charge is -2.09. The number of carbonyl (C=O) groups excluding carboxylic acids is 1. The Kier molecular flexibility index (Phi) is 5.28. The topological polar surface area (TPSA) is 86.1 Å². The molecule has 2 aromatic carbocycles. The Bertz CT molecular complexity index is 1300. The van der Waals surface area contributed by atoms with Crippen molar-refractivity contribution < 1.29 is 13.9 Å². The molecule has 1 N–H and O–H groups in total. The summed E-state index contributed by atoms with van der Waals surface area (Å²) in [6.45, 7) is 2.24. The number of nitrogens with one attached hydrogen (secondary N) is 1. The minimum atomic E-state index is -0.691. The molecule has 0 bridgehead atoms. The maximum absolute atomic E-state index is 13.7. The van der Waals surface area contributed by atoms with Crippen LogP contribution in [0.3, 0.4) is 0 Å². The molecule has 0 aliphatic heterocycles. The van der Waals surface area contributed by atoms with Crippen molar-refractivity contribution in [3.05, 3.63) is 69.6 Å². The number of ether oxygens (including phenoxy) is 1. The van der Waals surface area contributed by atoms with Crippen LogP contribution in [-0.4, -0.2) is 27.8 Å². The SMILES string of the molecule is CCn1nc(C(=O)Nc2nc(-c3ccc(OC)cc3)cs2)c(=O)c2cc(F)ccc21. The van der Waals surface area contributed by atoms with Crippen LogP contribution in [0.2, 0.25) is 0 Å². The maximum atomic E-state index is 13.7. The second kappa shape index (κ2) is 8.03. The van der Waals surface area contributed by atoms with Crippen LogP contribution in [0.25, 0.3) is 22.2 Å². The first-order chi connectivity index (χ1) is 14.5. The summed E-state index contributed by atoms with van der Waals surface area (Å²) in [6.07, 6.45) is 0. The molecular weight excluding hydrogens is 407 g/mol. The molecule has 7 nitrogen and oxygen atoms in total. The standard InChI is InChI=1S/C21H17FN4O3S/c1-3-26-17-9-6-13(22)10-15(17)19(27)18(25-26)20(28)24-21-23-16(11-30-21)12-4-7-14(29-2)8-5-12/h4-11H,3H2,1-2H3,(H,23,24,28). The van der Waals surface area contributed by atoms with E-state index in [1.807, 2.05) is 31.2 Å². The van der Waals surface area contributed by atoms with Gasteiger partial charge in [-0.2, -0.15) is 5.10 Å². The normalized spacial score (nSPS) is 10.9. The van der Waals surface area contributed by atoms with E-state index in [2.05, 4.69) is 15.4 Å². The number of nitrogens with zero attached hydrogens (tertiary/aromatic N) is 3. The molecule has 4 aromatic rings. The number of hydrogen-bond donors (Lipinski definition) is 1. The summed E-state index contributed by atoms with van der Waals surface area (Å²) in [6, 6.07) is 11.2. The average Bonchev–Trinajstić information content (AvgIpc) is 3.22. The predicted octanol–water partition coefficient (Wildman–Crippen LogP) is 3.94. The van der Waals surface area contributed by atoms with Gasteiger partial charge in [-0.05, 0) is 49.4 Å². The molecule has 0 spiro atoms. The quantitative estimate of drug-likeness (QED) is 0.524. The number of methoxy groups -OCH3 is 1. The summed E-state index contributed by atoms with van der Waals surface area (Å²) in [5.41, 5.74) is 1.07. The molecule has 0 saturated carbocycles. The first kappa shape index (κ1) is 19.7. The minimum absolute atomic E-state index is 0.107. The van der Waals surface area contributed by atoms with Crippen LogP contribution >= 0.6 is 11.3 Å². The zero-order chi connectivity index (χ0) is 21.3. The zero-order valence-electron chi connectivity index (χ0n) is 16.2. The number of aromatic nitrogens is 3. The number of amides is 1. The molecule has 0 fully saturated rings. The van der Waals surface area contributed by atoms with Crippen molar-refractivity contribution in [2.45, 2.75) is 13.5 Å². The van der Waals surface area contributed by atoms with Gasteiger partial charge in [0.05, 0.1) is 23.7 Å². The maximum Gasteiger partial charge on any atom is 0.281 e. The Morgan fingerprint density at radius 1 is 1.23 bits per heavy atom. The number of benzene rings is 2. The van der Waals surface area contributed by atoms with Crippen LogP contribution in [0.4, 0.5) is 9.52 Å². The van der Waals surface area contributed by atoms with Crippen molar-refractivity contribution in [1.82, 2.24) is 14.8 Å². The molecule has 0 radical (unpaired) electrons. The van der Waals surface area contributed by atoms with Gasteiger partial charge in [0.1, 0.15) is 11.6 Å². The summed E-state index contributed by atoms with van der Waals surface area (Å²) in [5.74, 6) is -0.513. The third-order valence-electron chi connectivity index (χ3n) is 4.54. The fourth-order valence-electron chi connectivity index (χ4n) is 3.03. The van der Waals surface area contributed by atoms with Crippen LogP contribution in [0, 0.1) is 5.82 Å². The van der Waals surface area contributed by atoms with Gasteiger partial charge < -0.3 is 4.74 Å². The molecule has 2 aromatic heterocycles. The molecule has 2 heterocycles. The zero-order valence-corrected chi connectivity index (χ0v) is 17.0. The number of fused-ring (bicyclic) bond motifs is 1. The van der Waals surface area contributed by atoms with E-state index in [0.29, 0.717) is 22.9 Å². The van der Waals surface area contributed by atoms with Gasteiger partial charge in [-0.1, -0.05) is 0 Å². The van der Waals surface area contributed by atoms with Gasteiger partial charge in [0.15, 0.2) is 10.8 Å². The van der Waals surface area contributed by atoms with Gasteiger partial charge in [0, 0.05) is 17.5 Å². The molecule has 0 aliphatic rings. The third-order valence-corrected chi connectivity index (χ3v) is 5.30. The average molecular weight is 424 g/mol. The van der Waals surface area contributed by atoms with Crippen molar-refractivity contribution in [3.8, 4) is 17.0 Å². The van der Waals surface area contributed by atoms with Gasteiger partial charge in [-0.3, -0.25) is 19.6 Å². The number of carbonyl (C=O) groups is 1. The van der Waals surface area contributed by atoms with E-state index >= 15 is 0 Å². The number of aryl methyl sites for hydroxylation is 1. The molecule has 0 unspecified atom stereocenters. The van der Waals surface area contributed by atoms with Gasteiger partial charge in [0.25, 0.3) is 5.91 Å². The predicted molar refractivity (Wildman–Crippen MR) is 114 cm³/mol. The highest BCUT2D eigenvalue weighted by Crippen LogP contribution is 2.26. The lowest BCUT2D eigenvalue weighted by molar-refractivity contribution is 0.101. The summed E-state index contributed by atoms with van der Waals surface area (Å²) in [5, 5.41) is 9.01. The van der Waals surface area contributed by atoms with Crippen LogP contribution in [0.15, 0.2) is 52.6 Å². The molecule has 0 aliphatic carbocycles. The molecule has 30 heavy (non-hydrogen) atoms. The minimum Gasteiger partial charge on any atom is -0.497 e.